The van der Waals surface area contributed by atoms with Crippen molar-refractivity contribution in [2.75, 3.05) is 0 Å². The van der Waals surface area contributed by atoms with Crippen LogP contribution in [-0.2, 0) is 0 Å². The molecule has 1 saturated carbocycles. The number of esters is 1. The van der Waals surface area contributed by atoms with Crippen LogP contribution in [0.2, 0.25) is 0 Å². The van der Waals surface area contributed by atoms with Gasteiger partial charge in [-0.15, -0.1) is 13.2 Å². The Hall–Kier alpha value is -2.97. The molecule has 3 rings (SSSR count). The lowest BCUT2D eigenvalue weighted by Gasteiger charge is -2.26. The summed E-state index contributed by atoms with van der Waals surface area (Å²) in [5.41, 5.74) is -0.754. The molecule has 1 aliphatic rings. The number of ether oxygens (including phenoxy) is 2. The third kappa shape index (κ3) is 7.01. The molecule has 2 aromatic rings. The smallest absolute Gasteiger partial charge is 0.423 e. The summed E-state index contributed by atoms with van der Waals surface area (Å²) in [6, 6.07) is 3.81. The van der Waals surface area contributed by atoms with Crippen molar-refractivity contribution in [1.82, 2.24) is 0 Å². The maximum Gasteiger partial charge on any atom is 0.573 e. The Morgan fingerprint density at radius 1 is 1.00 bits per heavy atom. The van der Waals surface area contributed by atoms with Crippen molar-refractivity contribution in [3.05, 3.63) is 65.0 Å². The Bertz CT molecular complexity index is 1020. The predicted octanol–water partition coefficient (Wildman–Crippen LogP) is 7.84. The van der Waals surface area contributed by atoms with E-state index in [1.807, 2.05) is 6.08 Å². The minimum Gasteiger partial charge on any atom is -0.423 e. The van der Waals surface area contributed by atoms with E-state index >= 15 is 0 Å². The van der Waals surface area contributed by atoms with E-state index in [4.69, 9.17) is 4.74 Å². The van der Waals surface area contributed by atoms with Crippen LogP contribution < -0.4 is 9.47 Å². The van der Waals surface area contributed by atoms with Crippen LogP contribution in [0.1, 0.15) is 61.4 Å². The quantitative estimate of drug-likeness (QED) is 0.227. The Balaban J connectivity index is 1.66. The standard InChI is InChI=1S/C25H24F6O3/c1-2-3-15-4-6-16(7-5-15)8-9-17-12-20(27)23(21(28)13-17)24(32)33-18-10-11-22(19(26)14-18)34-25(29,30)31/h8-16H,2-7H2,1H3. The Kier molecular flexibility index (Phi) is 8.28. The lowest BCUT2D eigenvalue weighted by molar-refractivity contribution is -0.275. The van der Waals surface area contributed by atoms with Gasteiger partial charge in [0.2, 0.25) is 0 Å². The molecule has 184 valence electrons. The largest absolute Gasteiger partial charge is 0.573 e. The number of carbonyl (C=O) groups excluding carboxylic acids is 1. The van der Waals surface area contributed by atoms with Gasteiger partial charge in [-0.25, -0.2) is 18.0 Å². The number of allylic oxidation sites excluding steroid dienone is 1. The van der Waals surface area contributed by atoms with Gasteiger partial charge in [0, 0.05) is 6.07 Å². The third-order valence-corrected chi connectivity index (χ3v) is 5.76. The Labute approximate surface area is 193 Å². The van der Waals surface area contributed by atoms with E-state index < -0.39 is 46.8 Å². The summed E-state index contributed by atoms with van der Waals surface area (Å²) in [6.45, 7) is 2.16. The lowest BCUT2D eigenvalue weighted by Crippen LogP contribution is -2.18. The molecule has 34 heavy (non-hydrogen) atoms. The first-order valence-electron chi connectivity index (χ1n) is 11.0. The van der Waals surface area contributed by atoms with Gasteiger partial charge in [0.25, 0.3) is 0 Å². The van der Waals surface area contributed by atoms with E-state index in [1.165, 1.54) is 6.42 Å². The van der Waals surface area contributed by atoms with Crippen LogP contribution in [0, 0.1) is 29.3 Å². The van der Waals surface area contributed by atoms with Crippen molar-refractivity contribution < 1.29 is 40.6 Å². The fourth-order valence-electron chi connectivity index (χ4n) is 4.12. The molecule has 0 amide bonds. The van der Waals surface area contributed by atoms with Crippen LogP contribution in [0.25, 0.3) is 6.08 Å². The van der Waals surface area contributed by atoms with Crippen molar-refractivity contribution in [3.63, 3.8) is 0 Å². The molecule has 0 bridgehead atoms. The maximum atomic E-state index is 14.5. The molecule has 9 heteroatoms. The minimum atomic E-state index is -5.12. The van der Waals surface area contributed by atoms with Gasteiger partial charge in [-0.1, -0.05) is 31.9 Å². The molecule has 0 N–H and O–H groups in total. The second-order valence-electron chi connectivity index (χ2n) is 8.32. The molecule has 3 nitrogen and oxygen atoms in total. The molecule has 0 atom stereocenters. The number of hydrogen-bond acceptors (Lipinski definition) is 3. The molecule has 0 aliphatic heterocycles. The highest BCUT2D eigenvalue weighted by atomic mass is 19.4. The predicted molar refractivity (Wildman–Crippen MR) is 114 cm³/mol. The molecule has 0 aromatic heterocycles. The summed E-state index contributed by atoms with van der Waals surface area (Å²) in [5, 5.41) is 0. The zero-order chi connectivity index (χ0) is 24.9. The molecule has 0 unspecified atom stereocenters. The average Bonchev–Trinajstić information content (AvgIpc) is 2.74. The van der Waals surface area contributed by atoms with E-state index in [1.54, 1.807) is 6.08 Å². The first-order chi connectivity index (χ1) is 16.1. The highest BCUT2D eigenvalue weighted by Gasteiger charge is 2.32. The third-order valence-electron chi connectivity index (χ3n) is 5.76. The maximum absolute atomic E-state index is 14.5. The van der Waals surface area contributed by atoms with Gasteiger partial charge in [0.1, 0.15) is 22.9 Å². The van der Waals surface area contributed by atoms with E-state index in [2.05, 4.69) is 11.7 Å². The molecule has 0 spiro atoms. The molecule has 0 saturated heterocycles. The van der Waals surface area contributed by atoms with E-state index in [0.717, 1.165) is 56.2 Å². The van der Waals surface area contributed by atoms with Crippen LogP contribution in [0.5, 0.6) is 11.5 Å². The summed E-state index contributed by atoms with van der Waals surface area (Å²) in [5.74, 6) is -5.89. The zero-order valence-electron chi connectivity index (χ0n) is 18.4. The van der Waals surface area contributed by atoms with Crippen molar-refractivity contribution >= 4 is 12.0 Å². The second kappa shape index (κ2) is 11.0. The number of alkyl halides is 3. The lowest BCUT2D eigenvalue weighted by atomic mass is 9.80. The van der Waals surface area contributed by atoms with Crippen molar-refractivity contribution in [3.8, 4) is 11.5 Å². The summed E-state index contributed by atoms with van der Waals surface area (Å²) >= 11 is 0. The Morgan fingerprint density at radius 3 is 2.21 bits per heavy atom. The summed E-state index contributed by atoms with van der Waals surface area (Å²) < 4.78 is 87.6. The molecule has 1 aliphatic carbocycles. The summed E-state index contributed by atoms with van der Waals surface area (Å²) in [6.07, 6.45) is 5.06. The first-order valence-corrected chi connectivity index (χ1v) is 11.0. The molecule has 0 heterocycles. The average molecular weight is 486 g/mol. The van der Waals surface area contributed by atoms with Gasteiger partial charge in [0.15, 0.2) is 11.6 Å². The van der Waals surface area contributed by atoms with Gasteiger partial charge < -0.3 is 9.47 Å². The van der Waals surface area contributed by atoms with E-state index in [-0.39, 0.29) is 5.56 Å². The van der Waals surface area contributed by atoms with Crippen LogP contribution in [0.15, 0.2) is 36.4 Å². The fraction of sp³-hybridized carbons (Fsp3) is 0.400. The molecule has 2 aromatic carbocycles. The molecule has 1 fully saturated rings. The van der Waals surface area contributed by atoms with Gasteiger partial charge in [-0.2, -0.15) is 0 Å². The van der Waals surface area contributed by atoms with E-state index in [0.29, 0.717) is 18.1 Å². The van der Waals surface area contributed by atoms with Gasteiger partial charge in [-0.05, 0) is 67.3 Å². The van der Waals surface area contributed by atoms with Gasteiger partial charge >= 0.3 is 12.3 Å². The summed E-state index contributed by atoms with van der Waals surface area (Å²) in [4.78, 5) is 12.2. The molecular weight excluding hydrogens is 462 g/mol. The van der Waals surface area contributed by atoms with Gasteiger partial charge in [-0.3, -0.25) is 0 Å². The van der Waals surface area contributed by atoms with Crippen LogP contribution in [0.3, 0.4) is 0 Å². The number of halogens is 6. The fourth-order valence-corrected chi connectivity index (χ4v) is 4.12. The van der Waals surface area contributed by atoms with Crippen LogP contribution in [-0.4, -0.2) is 12.3 Å². The minimum absolute atomic E-state index is 0.238. The van der Waals surface area contributed by atoms with Crippen LogP contribution in [0.4, 0.5) is 26.3 Å². The highest BCUT2D eigenvalue weighted by molar-refractivity contribution is 5.92. The molecular formula is C25H24F6O3. The first kappa shape index (κ1) is 25.6. The number of hydrogen-bond donors (Lipinski definition) is 0. The van der Waals surface area contributed by atoms with Crippen molar-refractivity contribution in [2.24, 2.45) is 11.8 Å². The number of benzene rings is 2. The Morgan fingerprint density at radius 2 is 1.65 bits per heavy atom. The van der Waals surface area contributed by atoms with Gasteiger partial charge in [0.05, 0.1) is 0 Å². The van der Waals surface area contributed by atoms with Crippen molar-refractivity contribution in [2.45, 2.75) is 51.8 Å². The molecule has 0 radical (unpaired) electrons. The topological polar surface area (TPSA) is 35.5 Å². The monoisotopic (exact) mass is 486 g/mol. The summed E-state index contributed by atoms with van der Waals surface area (Å²) in [7, 11) is 0. The highest BCUT2D eigenvalue weighted by Crippen LogP contribution is 2.33. The second-order valence-corrected chi connectivity index (χ2v) is 8.32. The number of rotatable bonds is 7. The van der Waals surface area contributed by atoms with Crippen molar-refractivity contribution in [1.29, 1.82) is 0 Å². The van der Waals surface area contributed by atoms with Crippen LogP contribution >= 0.6 is 0 Å². The number of carbonyl (C=O) groups is 1. The SMILES string of the molecule is CCCC1CCC(C=Cc2cc(F)c(C(=O)Oc3ccc(OC(F)(F)F)c(F)c3)c(F)c2)CC1. The van der Waals surface area contributed by atoms with E-state index in [9.17, 15) is 31.1 Å². The zero-order valence-corrected chi connectivity index (χ0v) is 18.4. The normalized spacial score (nSPS) is 18.8.